The van der Waals surface area contributed by atoms with Gasteiger partial charge in [0.25, 0.3) is 0 Å². The summed E-state index contributed by atoms with van der Waals surface area (Å²) in [4.78, 5) is 0. The molecule has 2 heteroatoms. The van der Waals surface area contributed by atoms with Crippen molar-refractivity contribution in [3.8, 4) is 0 Å². The molecule has 3 fully saturated rings. The van der Waals surface area contributed by atoms with E-state index in [1.807, 2.05) is 0 Å². The van der Waals surface area contributed by atoms with Crippen molar-refractivity contribution in [2.45, 2.75) is 57.9 Å². The van der Waals surface area contributed by atoms with Gasteiger partial charge in [-0.2, -0.15) is 0 Å². The molecule has 3 aliphatic carbocycles. The fraction of sp³-hybridized carbons (Fsp3) is 1.00. The van der Waals surface area contributed by atoms with E-state index in [-0.39, 0.29) is 0 Å². The van der Waals surface area contributed by atoms with Gasteiger partial charge in [0.05, 0.1) is 0 Å². The lowest BCUT2D eigenvalue weighted by atomic mass is 9.85. The third-order valence-corrected chi connectivity index (χ3v) is 5.50. The maximum atomic E-state index is 6.21. The zero-order valence-electron chi connectivity index (χ0n) is 10.6. The second kappa shape index (κ2) is 3.71. The summed E-state index contributed by atoms with van der Waals surface area (Å²) in [6.07, 6.45) is 9.83. The van der Waals surface area contributed by atoms with E-state index < -0.39 is 0 Å². The SMILES string of the molecule is CC1(CNCC2(C3CC3)CC2)CCCC1N. The molecule has 3 N–H and O–H groups in total. The van der Waals surface area contributed by atoms with E-state index in [2.05, 4.69) is 12.2 Å². The van der Waals surface area contributed by atoms with E-state index in [1.54, 1.807) is 0 Å². The van der Waals surface area contributed by atoms with Gasteiger partial charge in [-0.25, -0.2) is 0 Å². The van der Waals surface area contributed by atoms with Crippen molar-refractivity contribution in [1.82, 2.24) is 5.32 Å². The smallest absolute Gasteiger partial charge is 0.0105 e. The first kappa shape index (κ1) is 11.0. The zero-order chi connectivity index (χ0) is 11.2. The third-order valence-electron chi connectivity index (χ3n) is 5.50. The highest BCUT2D eigenvalue weighted by atomic mass is 14.9. The van der Waals surface area contributed by atoms with Crippen molar-refractivity contribution in [2.75, 3.05) is 13.1 Å². The van der Waals surface area contributed by atoms with Gasteiger partial charge >= 0.3 is 0 Å². The number of hydrogen-bond donors (Lipinski definition) is 2. The van der Waals surface area contributed by atoms with E-state index in [4.69, 9.17) is 5.73 Å². The summed E-state index contributed by atoms with van der Waals surface area (Å²) in [5.41, 5.74) is 7.32. The maximum Gasteiger partial charge on any atom is 0.0105 e. The summed E-state index contributed by atoms with van der Waals surface area (Å²) < 4.78 is 0. The molecule has 2 nitrogen and oxygen atoms in total. The molecule has 0 aromatic carbocycles. The monoisotopic (exact) mass is 222 g/mol. The van der Waals surface area contributed by atoms with Crippen LogP contribution in [0.15, 0.2) is 0 Å². The molecule has 0 saturated heterocycles. The molecule has 0 radical (unpaired) electrons. The molecule has 0 aromatic rings. The lowest BCUT2D eigenvalue weighted by Crippen LogP contribution is -2.43. The van der Waals surface area contributed by atoms with Crippen molar-refractivity contribution in [2.24, 2.45) is 22.5 Å². The molecule has 2 atom stereocenters. The van der Waals surface area contributed by atoms with E-state index >= 15 is 0 Å². The molecule has 0 aromatic heterocycles. The Morgan fingerprint density at radius 3 is 2.38 bits per heavy atom. The Balaban J connectivity index is 1.46. The third kappa shape index (κ3) is 1.91. The summed E-state index contributed by atoms with van der Waals surface area (Å²) in [7, 11) is 0. The summed E-state index contributed by atoms with van der Waals surface area (Å²) in [6, 6.07) is 0.427. The molecule has 92 valence electrons. The topological polar surface area (TPSA) is 38.0 Å². The summed E-state index contributed by atoms with van der Waals surface area (Å²) in [5.74, 6) is 1.07. The van der Waals surface area contributed by atoms with Gasteiger partial charge in [-0.3, -0.25) is 0 Å². The summed E-state index contributed by atoms with van der Waals surface area (Å²) in [6.45, 7) is 4.77. The maximum absolute atomic E-state index is 6.21. The Morgan fingerprint density at radius 2 is 1.88 bits per heavy atom. The largest absolute Gasteiger partial charge is 0.327 e. The minimum atomic E-state index is 0.375. The van der Waals surface area contributed by atoms with Gasteiger partial charge in [-0.15, -0.1) is 0 Å². The standard InChI is InChI=1S/C14H26N2/c1-13(6-2-3-12(13)15)9-16-10-14(7-8-14)11-4-5-11/h11-12,16H,2-10,15H2,1H3. The average molecular weight is 222 g/mol. The Hall–Kier alpha value is -0.0800. The Morgan fingerprint density at radius 1 is 1.12 bits per heavy atom. The minimum Gasteiger partial charge on any atom is -0.327 e. The molecule has 3 aliphatic rings. The first-order valence-electron chi connectivity index (χ1n) is 7.11. The fourth-order valence-electron chi connectivity index (χ4n) is 3.66. The van der Waals surface area contributed by atoms with Crippen LogP contribution < -0.4 is 11.1 Å². The Labute approximate surface area is 99.4 Å². The minimum absolute atomic E-state index is 0.375. The first-order valence-corrected chi connectivity index (χ1v) is 7.11. The van der Waals surface area contributed by atoms with E-state index in [9.17, 15) is 0 Å². The fourth-order valence-corrected chi connectivity index (χ4v) is 3.66. The van der Waals surface area contributed by atoms with Gasteiger partial charge in [-0.05, 0) is 55.3 Å². The highest BCUT2D eigenvalue weighted by molar-refractivity contribution is 5.05. The molecule has 0 bridgehead atoms. The molecule has 3 saturated carbocycles. The molecular formula is C14H26N2. The normalized spacial score (nSPS) is 41.2. The molecular weight excluding hydrogens is 196 g/mol. The van der Waals surface area contributed by atoms with Crippen molar-refractivity contribution < 1.29 is 0 Å². The van der Waals surface area contributed by atoms with Crippen LogP contribution in [-0.2, 0) is 0 Å². The number of nitrogens with two attached hydrogens (primary N) is 1. The number of nitrogens with one attached hydrogen (secondary N) is 1. The second-order valence-corrected chi connectivity index (χ2v) is 6.89. The average Bonchev–Trinajstić information content (AvgIpc) is 3.12. The van der Waals surface area contributed by atoms with Crippen molar-refractivity contribution in [3.63, 3.8) is 0 Å². The molecule has 0 amide bonds. The van der Waals surface area contributed by atoms with Crippen LogP contribution in [0.3, 0.4) is 0 Å². The highest BCUT2D eigenvalue weighted by Gasteiger charge is 2.53. The van der Waals surface area contributed by atoms with Gasteiger partial charge in [0, 0.05) is 19.1 Å². The van der Waals surface area contributed by atoms with E-state index in [1.165, 1.54) is 51.5 Å². The Kier molecular flexibility index (Phi) is 2.56. The predicted octanol–water partition coefficient (Wildman–Crippen LogP) is 2.28. The molecule has 0 aliphatic heterocycles. The van der Waals surface area contributed by atoms with Crippen molar-refractivity contribution in [1.29, 1.82) is 0 Å². The predicted molar refractivity (Wildman–Crippen MR) is 67.2 cm³/mol. The van der Waals surface area contributed by atoms with Crippen molar-refractivity contribution >= 4 is 0 Å². The van der Waals surface area contributed by atoms with Crippen LogP contribution in [0.1, 0.15) is 51.9 Å². The lowest BCUT2D eigenvalue weighted by Gasteiger charge is -2.30. The molecule has 0 heterocycles. The van der Waals surface area contributed by atoms with Gasteiger partial charge in [0.15, 0.2) is 0 Å². The molecule has 0 spiro atoms. The molecule has 2 unspecified atom stereocenters. The molecule has 3 rings (SSSR count). The second-order valence-electron chi connectivity index (χ2n) is 6.89. The first-order chi connectivity index (χ1) is 7.65. The van der Waals surface area contributed by atoms with Crippen LogP contribution in [-0.4, -0.2) is 19.1 Å². The van der Waals surface area contributed by atoms with Gasteiger partial charge in [0.1, 0.15) is 0 Å². The van der Waals surface area contributed by atoms with Crippen LogP contribution in [0.25, 0.3) is 0 Å². The van der Waals surface area contributed by atoms with Crippen LogP contribution >= 0.6 is 0 Å². The summed E-state index contributed by atoms with van der Waals surface area (Å²) >= 11 is 0. The summed E-state index contributed by atoms with van der Waals surface area (Å²) in [5, 5.41) is 3.74. The van der Waals surface area contributed by atoms with E-state index in [0.717, 1.165) is 17.9 Å². The quantitative estimate of drug-likeness (QED) is 0.749. The highest BCUT2D eigenvalue weighted by Crippen LogP contribution is 2.60. The van der Waals surface area contributed by atoms with Crippen LogP contribution in [0.5, 0.6) is 0 Å². The Bertz CT molecular complexity index is 268. The zero-order valence-corrected chi connectivity index (χ0v) is 10.6. The lowest BCUT2D eigenvalue weighted by molar-refractivity contribution is 0.262. The van der Waals surface area contributed by atoms with Crippen LogP contribution in [0.2, 0.25) is 0 Å². The van der Waals surface area contributed by atoms with E-state index in [0.29, 0.717) is 11.5 Å². The van der Waals surface area contributed by atoms with Crippen LogP contribution in [0, 0.1) is 16.7 Å². The van der Waals surface area contributed by atoms with Crippen LogP contribution in [0.4, 0.5) is 0 Å². The van der Waals surface area contributed by atoms with Gasteiger partial charge in [0.2, 0.25) is 0 Å². The van der Waals surface area contributed by atoms with Gasteiger partial charge < -0.3 is 11.1 Å². The van der Waals surface area contributed by atoms with Crippen molar-refractivity contribution in [3.05, 3.63) is 0 Å². The number of rotatable bonds is 5. The number of hydrogen-bond acceptors (Lipinski definition) is 2. The molecule has 16 heavy (non-hydrogen) atoms. The van der Waals surface area contributed by atoms with Gasteiger partial charge in [-0.1, -0.05) is 13.3 Å².